The highest BCUT2D eigenvalue weighted by Gasteiger charge is 2.50. The van der Waals surface area contributed by atoms with Crippen molar-refractivity contribution < 1.29 is 17.9 Å². The lowest BCUT2D eigenvalue weighted by Gasteiger charge is -2.55. The Balaban J connectivity index is 1.39. The third kappa shape index (κ3) is 6.08. The monoisotopic (exact) mass is 616 g/mol. The summed E-state index contributed by atoms with van der Waals surface area (Å²) < 4.78 is 36.7. The van der Waals surface area contributed by atoms with Crippen LogP contribution >= 0.6 is 0 Å². The number of nitrogens with one attached hydrogen (secondary N) is 1. The molecule has 1 spiro atoms. The summed E-state index contributed by atoms with van der Waals surface area (Å²) in [6.07, 6.45) is 5.18. The maximum absolute atomic E-state index is 13.8. The average Bonchev–Trinajstić information content (AvgIpc) is 2.94. The summed E-state index contributed by atoms with van der Waals surface area (Å²) in [6.45, 7) is 12.3. The first-order valence-corrected chi connectivity index (χ1v) is 17.4. The molecule has 3 aromatic rings. The van der Waals surface area contributed by atoms with Crippen LogP contribution in [0.3, 0.4) is 0 Å². The number of ether oxygens (including phenoxy) is 1. The molecule has 2 aromatic carbocycles. The molecule has 1 N–H and O–H groups in total. The fourth-order valence-corrected chi connectivity index (χ4v) is 9.01. The van der Waals surface area contributed by atoms with Gasteiger partial charge >= 0.3 is 0 Å². The minimum Gasteiger partial charge on any atom is -0.477 e. The number of aryl methyl sites for hydroxylation is 2. The number of hydrogen-bond donors (Lipinski definition) is 1. The number of nitrogens with zero attached hydrogens (tertiary/aromatic N) is 3. The van der Waals surface area contributed by atoms with Crippen molar-refractivity contribution in [1.29, 1.82) is 0 Å². The minimum atomic E-state index is -3.95. The van der Waals surface area contributed by atoms with Gasteiger partial charge in [0, 0.05) is 37.6 Å². The van der Waals surface area contributed by atoms with Crippen LogP contribution in [-0.2, 0) is 14.8 Å². The second-order valence-corrected chi connectivity index (χ2v) is 15.4. The number of rotatable bonds is 4. The van der Waals surface area contributed by atoms with Gasteiger partial charge in [0.05, 0.1) is 17.2 Å². The smallest absolute Gasteiger partial charge is 0.264 e. The molecule has 1 unspecified atom stereocenters. The lowest BCUT2D eigenvalue weighted by molar-refractivity contribution is -0.133. The number of sulfonamides is 1. The minimum absolute atomic E-state index is 0.000858. The van der Waals surface area contributed by atoms with Crippen molar-refractivity contribution in [2.75, 3.05) is 24.4 Å². The summed E-state index contributed by atoms with van der Waals surface area (Å²) in [6, 6.07) is 15.3. The van der Waals surface area contributed by atoms with Gasteiger partial charge in [0.15, 0.2) is 0 Å². The molecule has 4 bridgehead atoms. The summed E-state index contributed by atoms with van der Waals surface area (Å²) in [4.78, 5) is 23.3. The molecule has 234 valence electrons. The number of aromatic nitrogens is 2. The number of carbonyl (C=O) groups is 1. The maximum Gasteiger partial charge on any atom is 0.264 e. The topological polar surface area (TPSA) is 101 Å². The van der Waals surface area contributed by atoms with Crippen LogP contribution in [0, 0.1) is 37.0 Å². The quantitative estimate of drug-likeness (QED) is 0.349. The van der Waals surface area contributed by atoms with Gasteiger partial charge in [0.25, 0.3) is 10.0 Å². The van der Waals surface area contributed by atoms with Crippen LogP contribution in [0.25, 0.3) is 11.3 Å². The third-order valence-electron chi connectivity index (χ3n) is 10.1. The molecule has 0 radical (unpaired) electrons. The molecule has 2 aliphatic heterocycles. The first kappa shape index (κ1) is 30.6. The molecule has 3 aliphatic rings. The number of anilines is 1. The van der Waals surface area contributed by atoms with E-state index in [1.165, 1.54) is 0 Å². The molecule has 44 heavy (non-hydrogen) atoms. The van der Waals surface area contributed by atoms with Crippen LogP contribution in [0.4, 0.5) is 5.95 Å². The molecular weight excluding hydrogens is 572 g/mol. The number of hydrogen-bond acceptors (Lipinski definition) is 6. The summed E-state index contributed by atoms with van der Waals surface area (Å²) in [5, 5.41) is 0. The van der Waals surface area contributed by atoms with Crippen molar-refractivity contribution in [3.8, 4) is 17.1 Å². The number of benzene rings is 2. The zero-order valence-electron chi connectivity index (χ0n) is 26.5. The number of likely N-dealkylation sites (tertiary alicyclic amines) is 1. The summed E-state index contributed by atoms with van der Waals surface area (Å²) in [5.74, 6) is 1.68. The van der Waals surface area contributed by atoms with Crippen molar-refractivity contribution in [2.24, 2.45) is 23.2 Å². The number of fused-ring (bicyclic) bond motifs is 4. The Bertz CT molecular complexity index is 1630. The van der Waals surface area contributed by atoms with E-state index >= 15 is 0 Å². The van der Waals surface area contributed by atoms with Gasteiger partial charge in [0.1, 0.15) is 0 Å². The Labute approximate surface area is 261 Å². The van der Waals surface area contributed by atoms with Crippen molar-refractivity contribution in [3.05, 3.63) is 65.2 Å². The van der Waals surface area contributed by atoms with Crippen LogP contribution < -0.4 is 9.46 Å². The molecule has 2 atom stereocenters. The van der Waals surface area contributed by atoms with Crippen molar-refractivity contribution >= 4 is 21.9 Å². The van der Waals surface area contributed by atoms with Gasteiger partial charge in [0.2, 0.25) is 17.7 Å². The van der Waals surface area contributed by atoms with Crippen LogP contribution in [0.2, 0.25) is 0 Å². The van der Waals surface area contributed by atoms with Crippen molar-refractivity contribution in [2.45, 2.75) is 77.5 Å². The normalized spacial score (nSPS) is 22.7. The Morgan fingerprint density at radius 2 is 1.73 bits per heavy atom. The molecular formula is C35H44N4O4S. The van der Waals surface area contributed by atoms with Crippen molar-refractivity contribution in [3.63, 3.8) is 0 Å². The average molecular weight is 617 g/mol. The Morgan fingerprint density at radius 1 is 1.05 bits per heavy atom. The molecule has 8 nitrogen and oxygen atoms in total. The van der Waals surface area contributed by atoms with Gasteiger partial charge in [-0.15, -0.1) is 0 Å². The van der Waals surface area contributed by atoms with Crippen molar-refractivity contribution in [1.82, 2.24) is 14.9 Å². The lowest BCUT2D eigenvalue weighted by atomic mass is 9.52. The van der Waals surface area contributed by atoms with E-state index in [9.17, 15) is 13.2 Å². The third-order valence-corrected chi connectivity index (χ3v) is 11.4. The van der Waals surface area contributed by atoms with Gasteiger partial charge in [-0.2, -0.15) is 4.98 Å². The first-order chi connectivity index (χ1) is 20.9. The first-order valence-electron chi connectivity index (χ1n) is 15.9. The molecule has 9 heteroatoms. The van der Waals surface area contributed by atoms with Gasteiger partial charge < -0.3 is 9.64 Å². The van der Waals surface area contributed by atoms with Gasteiger partial charge in [-0.3, -0.25) is 4.79 Å². The summed E-state index contributed by atoms with van der Waals surface area (Å²) in [5.41, 5.74) is 4.97. The van der Waals surface area contributed by atoms with Gasteiger partial charge in [-0.1, -0.05) is 44.2 Å². The van der Waals surface area contributed by atoms with Crippen LogP contribution in [-0.4, -0.2) is 48.9 Å². The fraction of sp³-hybridized carbons (Fsp3) is 0.514. The van der Waals surface area contributed by atoms with E-state index in [0.29, 0.717) is 30.0 Å². The van der Waals surface area contributed by atoms with E-state index in [1.807, 2.05) is 55.1 Å². The fourth-order valence-electron chi connectivity index (χ4n) is 8.02. The Kier molecular flexibility index (Phi) is 8.20. The molecule has 1 amide bonds. The molecule has 3 heterocycles. The molecule has 6 rings (SSSR count). The van der Waals surface area contributed by atoms with Crippen LogP contribution in [0.1, 0.15) is 75.5 Å². The van der Waals surface area contributed by atoms with Gasteiger partial charge in [-0.25, -0.2) is 18.1 Å². The Hall–Kier alpha value is -3.46. The van der Waals surface area contributed by atoms with E-state index in [4.69, 9.17) is 4.74 Å². The van der Waals surface area contributed by atoms with E-state index < -0.39 is 10.0 Å². The molecule has 1 saturated heterocycles. The number of amides is 1. The van der Waals surface area contributed by atoms with E-state index in [2.05, 4.69) is 34.6 Å². The maximum atomic E-state index is 13.8. The number of piperidine rings is 1. The van der Waals surface area contributed by atoms with E-state index in [0.717, 1.165) is 67.4 Å². The second-order valence-electron chi connectivity index (χ2n) is 13.8. The largest absolute Gasteiger partial charge is 0.477 e. The highest BCUT2D eigenvalue weighted by molar-refractivity contribution is 7.92. The SMILES string of the molecule is CC(=O)N1CCC2(CC1)CC(C1c3cccc(c3)S(=O)(=O)Nc3nc(cc(-c4c(C)cccc4C)n3)OC[C@H]1CC(C)C)C2. The lowest BCUT2D eigenvalue weighted by Crippen LogP contribution is -2.50. The highest BCUT2D eigenvalue weighted by Crippen LogP contribution is 2.59. The molecule has 2 fully saturated rings. The Morgan fingerprint density at radius 3 is 2.39 bits per heavy atom. The van der Waals surface area contributed by atoms with Gasteiger partial charge in [-0.05, 0) is 97.9 Å². The predicted molar refractivity (Wildman–Crippen MR) is 172 cm³/mol. The van der Waals surface area contributed by atoms with Crippen LogP contribution in [0.15, 0.2) is 53.4 Å². The zero-order valence-corrected chi connectivity index (χ0v) is 27.3. The second kappa shape index (κ2) is 11.8. The van der Waals surface area contributed by atoms with E-state index in [-0.39, 0.29) is 34.0 Å². The predicted octanol–water partition coefficient (Wildman–Crippen LogP) is 6.74. The zero-order chi connectivity index (χ0) is 31.2. The number of carbonyl (C=O) groups excluding carboxylic acids is 1. The molecule has 1 aromatic heterocycles. The highest BCUT2D eigenvalue weighted by atomic mass is 32.2. The summed E-state index contributed by atoms with van der Waals surface area (Å²) in [7, 11) is -3.95. The molecule has 1 saturated carbocycles. The standard InChI is InChI=1S/C35H44N4O4S/c1-22(2)16-27-21-43-31-18-30(32-23(3)8-6-9-24(32)4)36-34(37-31)38-44(41,42)29-11-7-10-26(17-29)33(27)28-19-35(20-28)12-14-39(15-13-35)25(5)40/h6-11,17-18,22,27-28,33H,12-16,19-21H2,1-5H3,(H,36,37,38)/t27-,33?/m1/s1. The molecule has 1 aliphatic carbocycles. The van der Waals surface area contributed by atoms with Crippen LogP contribution in [0.5, 0.6) is 5.88 Å². The summed E-state index contributed by atoms with van der Waals surface area (Å²) >= 11 is 0. The van der Waals surface area contributed by atoms with E-state index in [1.54, 1.807) is 13.0 Å².